The molecule has 0 bridgehead atoms. The van der Waals surface area contributed by atoms with Crippen molar-refractivity contribution in [2.24, 2.45) is 0 Å². The smallest absolute Gasteiger partial charge is 0.305 e. The summed E-state index contributed by atoms with van der Waals surface area (Å²) in [7, 11) is 0. The van der Waals surface area contributed by atoms with Crippen LogP contribution in [0.2, 0.25) is 0 Å². The molecule has 0 saturated carbocycles. The number of carboxylic acid groups (broad SMARTS) is 1. The molecule has 1 aromatic carbocycles. The molecule has 2 aromatic rings. The van der Waals surface area contributed by atoms with E-state index in [1.165, 1.54) is 11.3 Å². The summed E-state index contributed by atoms with van der Waals surface area (Å²) in [5, 5.41) is 14.6. The molecule has 110 valence electrons. The highest BCUT2D eigenvalue weighted by Gasteiger charge is 2.39. The van der Waals surface area contributed by atoms with E-state index in [-0.39, 0.29) is 18.9 Å². The molecule has 0 spiro atoms. The van der Waals surface area contributed by atoms with Crippen LogP contribution in [0, 0.1) is 0 Å². The number of carbonyl (C=O) groups is 2. The molecule has 1 aromatic heterocycles. The van der Waals surface area contributed by atoms with E-state index in [4.69, 9.17) is 9.84 Å². The highest BCUT2D eigenvalue weighted by Crippen LogP contribution is 2.28. The number of carbonyl (C=O) groups excluding carboxylic acids is 1. The Hall–Kier alpha value is -1.92. The van der Waals surface area contributed by atoms with Crippen LogP contribution in [-0.2, 0) is 9.53 Å². The van der Waals surface area contributed by atoms with Crippen LogP contribution in [0.5, 0.6) is 0 Å². The van der Waals surface area contributed by atoms with E-state index in [1.807, 2.05) is 29.6 Å². The lowest BCUT2D eigenvalue weighted by molar-refractivity contribution is -0.138. The van der Waals surface area contributed by atoms with Crippen molar-refractivity contribution in [3.8, 4) is 0 Å². The number of hydrogen-bond acceptors (Lipinski definition) is 4. The molecule has 1 atom stereocenters. The van der Waals surface area contributed by atoms with Gasteiger partial charge in [-0.2, -0.15) is 0 Å². The van der Waals surface area contributed by atoms with Gasteiger partial charge in [-0.25, -0.2) is 0 Å². The van der Waals surface area contributed by atoms with Gasteiger partial charge in [0.15, 0.2) is 0 Å². The maximum Gasteiger partial charge on any atom is 0.305 e. The zero-order valence-electron chi connectivity index (χ0n) is 11.3. The number of thiophene rings is 1. The topological polar surface area (TPSA) is 75.6 Å². The van der Waals surface area contributed by atoms with Gasteiger partial charge in [-0.3, -0.25) is 9.59 Å². The van der Waals surface area contributed by atoms with E-state index in [2.05, 4.69) is 5.32 Å². The average Bonchev–Trinajstić information content (AvgIpc) is 3.04. The molecule has 5 nitrogen and oxygen atoms in total. The Balaban J connectivity index is 1.86. The Morgan fingerprint density at radius 3 is 2.90 bits per heavy atom. The van der Waals surface area contributed by atoms with Crippen LogP contribution in [-0.4, -0.2) is 35.7 Å². The maximum absolute atomic E-state index is 12.5. The van der Waals surface area contributed by atoms with E-state index in [0.29, 0.717) is 18.6 Å². The summed E-state index contributed by atoms with van der Waals surface area (Å²) in [5.74, 6) is -1.17. The molecule has 1 unspecified atom stereocenters. The minimum absolute atomic E-state index is 0.124. The minimum atomic E-state index is -0.934. The molecule has 2 heterocycles. The predicted octanol–water partition coefficient (Wildman–Crippen LogP) is 2.26. The highest BCUT2D eigenvalue weighted by molar-refractivity contribution is 7.17. The first-order chi connectivity index (χ1) is 10.1. The molecular formula is C15H15NO4S. The molecule has 0 aliphatic carbocycles. The zero-order chi connectivity index (χ0) is 14.9. The third-order valence-corrected chi connectivity index (χ3v) is 4.66. The second kappa shape index (κ2) is 5.46. The Bertz CT molecular complexity index is 688. The van der Waals surface area contributed by atoms with Crippen LogP contribution >= 0.6 is 11.3 Å². The number of ether oxygens (including phenoxy) is 1. The Kier molecular flexibility index (Phi) is 3.65. The second-order valence-corrected chi connectivity index (χ2v) is 6.16. The number of carboxylic acids is 1. The molecule has 1 saturated heterocycles. The number of hydrogen-bond donors (Lipinski definition) is 2. The van der Waals surface area contributed by atoms with Gasteiger partial charge in [-0.1, -0.05) is 18.2 Å². The van der Waals surface area contributed by atoms with Crippen LogP contribution in [0.15, 0.2) is 29.6 Å². The molecule has 1 aliphatic rings. The van der Waals surface area contributed by atoms with E-state index >= 15 is 0 Å². The van der Waals surface area contributed by atoms with Gasteiger partial charge in [0, 0.05) is 22.1 Å². The summed E-state index contributed by atoms with van der Waals surface area (Å²) in [6.45, 7) is 0.713. The van der Waals surface area contributed by atoms with Crippen LogP contribution in [0.25, 0.3) is 10.1 Å². The second-order valence-electron chi connectivity index (χ2n) is 5.25. The number of nitrogens with one attached hydrogen (secondary N) is 1. The summed E-state index contributed by atoms with van der Waals surface area (Å²) < 4.78 is 6.33. The summed E-state index contributed by atoms with van der Waals surface area (Å²) in [5.41, 5.74) is -0.210. The fourth-order valence-corrected chi connectivity index (χ4v) is 3.58. The quantitative estimate of drug-likeness (QED) is 0.908. The number of rotatable bonds is 4. The number of fused-ring (bicyclic) bond motifs is 1. The van der Waals surface area contributed by atoms with Crippen molar-refractivity contribution < 1.29 is 19.4 Å². The molecule has 0 radical (unpaired) electrons. The fourth-order valence-electron chi connectivity index (χ4n) is 2.64. The van der Waals surface area contributed by atoms with Gasteiger partial charge < -0.3 is 15.2 Å². The summed E-state index contributed by atoms with van der Waals surface area (Å²) in [6, 6.07) is 7.67. The molecule has 2 N–H and O–H groups in total. The maximum atomic E-state index is 12.5. The van der Waals surface area contributed by atoms with Gasteiger partial charge >= 0.3 is 5.97 Å². The molecule has 1 amide bonds. The summed E-state index contributed by atoms with van der Waals surface area (Å²) in [6.07, 6.45) is 0.397. The standard InChI is InChI=1S/C15H15NO4S/c17-13(18)7-15(5-6-20-9-15)16-14(19)11-8-21-12-4-2-1-3-10(11)12/h1-4,8H,5-7,9H2,(H,16,19)(H,17,18). The van der Waals surface area contributed by atoms with Crippen molar-refractivity contribution in [2.45, 2.75) is 18.4 Å². The van der Waals surface area contributed by atoms with Crippen molar-refractivity contribution >= 4 is 33.3 Å². The lowest BCUT2D eigenvalue weighted by Crippen LogP contribution is -2.50. The van der Waals surface area contributed by atoms with Crippen molar-refractivity contribution in [1.29, 1.82) is 0 Å². The predicted molar refractivity (Wildman–Crippen MR) is 79.7 cm³/mol. The lowest BCUT2D eigenvalue weighted by Gasteiger charge is -2.26. The summed E-state index contributed by atoms with van der Waals surface area (Å²) >= 11 is 1.50. The van der Waals surface area contributed by atoms with Crippen LogP contribution in [0.4, 0.5) is 0 Å². The highest BCUT2D eigenvalue weighted by atomic mass is 32.1. The minimum Gasteiger partial charge on any atom is -0.481 e. The first-order valence-electron chi connectivity index (χ1n) is 6.68. The third kappa shape index (κ3) is 2.77. The monoisotopic (exact) mass is 305 g/mol. The Labute approximate surface area is 125 Å². The first kappa shape index (κ1) is 14.0. The van der Waals surface area contributed by atoms with Crippen LogP contribution in [0.1, 0.15) is 23.2 Å². The van der Waals surface area contributed by atoms with Gasteiger partial charge in [0.1, 0.15) is 0 Å². The van der Waals surface area contributed by atoms with Crippen LogP contribution < -0.4 is 5.32 Å². The fraction of sp³-hybridized carbons (Fsp3) is 0.333. The normalized spacial score (nSPS) is 21.5. The van der Waals surface area contributed by atoms with Gasteiger partial charge in [-0.05, 0) is 12.5 Å². The Morgan fingerprint density at radius 1 is 1.38 bits per heavy atom. The van der Waals surface area contributed by atoms with Crippen molar-refractivity contribution in [3.05, 3.63) is 35.2 Å². The zero-order valence-corrected chi connectivity index (χ0v) is 12.1. The molecule has 6 heteroatoms. The Morgan fingerprint density at radius 2 is 2.19 bits per heavy atom. The van der Waals surface area contributed by atoms with Crippen LogP contribution in [0.3, 0.4) is 0 Å². The van der Waals surface area contributed by atoms with Crippen molar-refractivity contribution in [1.82, 2.24) is 5.32 Å². The van der Waals surface area contributed by atoms with E-state index in [9.17, 15) is 9.59 Å². The first-order valence-corrected chi connectivity index (χ1v) is 7.56. The van der Waals surface area contributed by atoms with Crippen molar-refractivity contribution in [2.75, 3.05) is 13.2 Å². The van der Waals surface area contributed by atoms with Gasteiger partial charge in [0.05, 0.1) is 24.1 Å². The SMILES string of the molecule is O=C(O)CC1(NC(=O)c2csc3ccccc23)CCOC1. The van der Waals surface area contributed by atoms with Gasteiger partial charge in [0.25, 0.3) is 5.91 Å². The number of benzene rings is 1. The molecular weight excluding hydrogens is 290 g/mol. The lowest BCUT2D eigenvalue weighted by atomic mass is 9.93. The third-order valence-electron chi connectivity index (χ3n) is 3.70. The number of aliphatic carboxylic acids is 1. The molecule has 1 aliphatic heterocycles. The molecule has 21 heavy (non-hydrogen) atoms. The molecule has 3 rings (SSSR count). The molecule has 1 fully saturated rings. The number of amides is 1. The summed E-state index contributed by atoms with van der Waals surface area (Å²) in [4.78, 5) is 23.5. The van der Waals surface area contributed by atoms with Gasteiger partial charge in [-0.15, -0.1) is 11.3 Å². The van der Waals surface area contributed by atoms with E-state index in [0.717, 1.165) is 10.1 Å². The average molecular weight is 305 g/mol. The largest absolute Gasteiger partial charge is 0.481 e. The van der Waals surface area contributed by atoms with Crippen molar-refractivity contribution in [3.63, 3.8) is 0 Å². The van der Waals surface area contributed by atoms with Gasteiger partial charge in [0.2, 0.25) is 0 Å². The van der Waals surface area contributed by atoms with E-state index < -0.39 is 11.5 Å². The van der Waals surface area contributed by atoms with E-state index in [1.54, 1.807) is 0 Å².